The van der Waals surface area contributed by atoms with Crippen molar-refractivity contribution in [1.82, 2.24) is 9.97 Å². The van der Waals surface area contributed by atoms with E-state index in [4.69, 9.17) is 5.84 Å². The molecule has 0 bridgehead atoms. The molecule has 2 aromatic rings. The second kappa shape index (κ2) is 5.87. The second-order valence-electron chi connectivity index (χ2n) is 3.74. The third kappa shape index (κ3) is 3.43. The van der Waals surface area contributed by atoms with E-state index in [2.05, 4.69) is 31.3 Å². The molecule has 0 spiro atoms. The molecule has 0 atom stereocenters. The minimum Gasteiger partial charge on any atom is -0.292 e. The van der Waals surface area contributed by atoms with Crippen LogP contribution >= 0.6 is 15.9 Å². The average molecular weight is 380 g/mol. The molecule has 2 rings (SSSR count). The quantitative estimate of drug-likeness (QED) is 0.422. The molecular formula is C10H8BrF2N5O2S. The van der Waals surface area contributed by atoms with Gasteiger partial charge in [0.1, 0.15) is 16.5 Å². The fourth-order valence-electron chi connectivity index (χ4n) is 1.33. The number of halogens is 3. The topological polar surface area (TPSA) is 110 Å². The summed E-state index contributed by atoms with van der Waals surface area (Å²) in [5, 5.41) is 0. The lowest BCUT2D eigenvalue weighted by Crippen LogP contribution is -2.16. The van der Waals surface area contributed by atoms with Gasteiger partial charge in [0.25, 0.3) is 10.0 Å². The summed E-state index contributed by atoms with van der Waals surface area (Å²) in [5.41, 5.74) is 1.60. The van der Waals surface area contributed by atoms with Gasteiger partial charge in [-0.3, -0.25) is 10.1 Å². The van der Waals surface area contributed by atoms with E-state index in [-0.39, 0.29) is 15.3 Å². The molecule has 7 nitrogen and oxygen atoms in total. The van der Waals surface area contributed by atoms with Crippen molar-refractivity contribution in [3.63, 3.8) is 0 Å². The average Bonchev–Trinajstić information content (AvgIpc) is 2.44. The van der Waals surface area contributed by atoms with Crippen molar-refractivity contribution in [3.05, 3.63) is 40.6 Å². The molecule has 0 unspecified atom stereocenters. The van der Waals surface area contributed by atoms with Crippen molar-refractivity contribution in [2.75, 3.05) is 10.1 Å². The number of aromatic nitrogens is 2. The predicted molar refractivity (Wildman–Crippen MR) is 74.7 cm³/mol. The Hall–Kier alpha value is -1.85. The van der Waals surface area contributed by atoms with Crippen molar-refractivity contribution in [3.8, 4) is 0 Å². The summed E-state index contributed by atoms with van der Waals surface area (Å²) >= 11 is 2.79. The van der Waals surface area contributed by atoms with Gasteiger partial charge in [0, 0.05) is 6.07 Å². The van der Waals surface area contributed by atoms with E-state index in [1.165, 1.54) is 0 Å². The van der Waals surface area contributed by atoms with Gasteiger partial charge in [-0.15, -0.1) is 0 Å². The summed E-state index contributed by atoms with van der Waals surface area (Å²) in [6, 6.07) is 1.53. The molecule has 0 amide bonds. The van der Waals surface area contributed by atoms with Gasteiger partial charge in [0.05, 0.1) is 22.6 Å². The predicted octanol–water partition coefficient (Wildman–Crippen LogP) is 1.60. The van der Waals surface area contributed by atoms with Crippen molar-refractivity contribution >= 4 is 37.6 Å². The summed E-state index contributed by atoms with van der Waals surface area (Å²) in [6.07, 6.45) is 1.94. The van der Waals surface area contributed by atoms with Gasteiger partial charge in [-0.05, 0) is 22.0 Å². The molecule has 0 aliphatic heterocycles. The number of rotatable bonds is 4. The number of anilines is 2. The number of nitrogens with zero attached hydrogens (tertiary/aromatic N) is 2. The van der Waals surface area contributed by atoms with Crippen molar-refractivity contribution in [2.45, 2.75) is 4.90 Å². The Morgan fingerprint density at radius 2 is 1.76 bits per heavy atom. The summed E-state index contributed by atoms with van der Waals surface area (Å²) in [5.74, 6) is 3.31. The number of nitrogen functional groups attached to an aromatic ring is 1. The van der Waals surface area contributed by atoms with E-state index in [1.54, 1.807) is 0 Å². The fourth-order valence-corrected chi connectivity index (χ4v) is 2.60. The molecule has 0 fully saturated rings. The van der Waals surface area contributed by atoms with E-state index in [9.17, 15) is 17.2 Å². The number of benzene rings is 1. The third-order valence-corrected chi connectivity index (χ3v) is 4.25. The molecule has 1 aromatic heterocycles. The lowest BCUT2D eigenvalue weighted by Gasteiger charge is -2.09. The standard InChI is InChI=1S/C10H8BrF2N5O2S/c11-6-1-8(13)9(2-7(6)12)18-21(19,20)5-3-15-10(17-14)16-4-5/h1-4,18H,14H2,(H,15,16,17). The van der Waals surface area contributed by atoms with E-state index in [0.717, 1.165) is 18.5 Å². The zero-order valence-electron chi connectivity index (χ0n) is 10.1. The first-order chi connectivity index (χ1) is 9.83. The summed E-state index contributed by atoms with van der Waals surface area (Å²) < 4.78 is 52.8. The zero-order chi connectivity index (χ0) is 15.6. The van der Waals surface area contributed by atoms with Gasteiger partial charge >= 0.3 is 0 Å². The van der Waals surface area contributed by atoms with Crippen molar-refractivity contribution in [1.29, 1.82) is 0 Å². The van der Waals surface area contributed by atoms with Crippen LogP contribution in [0.2, 0.25) is 0 Å². The van der Waals surface area contributed by atoms with Crippen LogP contribution in [0.25, 0.3) is 0 Å². The minimum atomic E-state index is -4.16. The second-order valence-corrected chi connectivity index (χ2v) is 6.28. The van der Waals surface area contributed by atoms with Crippen LogP contribution in [-0.2, 0) is 10.0 Å². The molecule has 112 valence electrons. The molecular weight excluding hydrogens is 372 g/mol. The maximum absolute atomic E-state index is 13.6. The number of nitrogens with one attached hydrogen (secondary N) is 2. The molecule has 0 radical (unpaired) electrons. The molecule has 1 heterocycles. The highest BCUT2D eigenvalue weighted by Crippen LogP contribution is 2.25. The summed E-state index contributed by atoms with van der Waals surface area (Å²) in [4.78, 5) is 6.91. The Morgan fingerprint density at radius 1 is 1.14 bits per heavy atom. The Balaban J connectivity index is 2.34. The van der Waals surface area contributed by atoms with Gasteiger partial charge in [-0.2, -0.15) is 0 Å². The van der Waals surface area contributed by atoms with Crippen LogP contribution in [-0.4, -0.2) is 18.4 Å². The largest absolute Gasteiger partial charge is 0.292 e. The lowest BCUT2D eigenvalue weighted by molar-refractivity contribution is 0.591. The van der Waals surface area contributed by atoms with E-state index in [1.807, 2.05) is 4.72 Å². The van der Waals surface area contributed by atoms with Gasteiger partial charge < -0.3 is 0 Å². The molecule has 0 aliphatic rings. The van der Waals surface area contributed by atoms with Crippen LogP contribution in [0.15, 0.2) is 33.9 Å². The Morgan fingerprint density at radius 3 is 2.33 bits per heavy atom. The first kappa shape index (κ1) is 15.5. The van der Waals surface area contributed by atoms with Crippen molar-refractivity contribution in [2.24, 2.45) is 5.84 Å². The van der Waals surface area contributed by atoms with Crippen LogP contribution in [0.3, 0.4) is 0 Å². The number of hydrogen-bond acceptors (Lipinski definition) is 6. The number of hydrazine groups is 1. The molecule has 11 heteroatoms. The first-order valence-electron chi connectivity index (χ1n) is 5.29. The van der Waals surface area contributed by atoms with Crippen LogP contribution in [0.1, 0.15) is 0 Å². The molecule has 0 saturated heterocycles. The highest BCUT2D eigenvalue weighted by atomic mass is 79.9. The molecule has 21 heavy (non-hydrogen) atoms. The van der Waals surface area contributed by atoms with Gasteiger partial charge in [-0.1, -0.05) is 0 Å². The minimum absolute atomic E-state index is 0.00909. The van der Waals surface area contributed by atoms with Crippen LogP contribution in [0, 0.1) is 11.6 Å². The summed E-state index contributed by atoms with van der Waals surface area (Å²) in [7, 11) is -4.16. The Labute approximate surface area is 126 Å². The number of nitrogens with two attached hydrogens (primary N) is 1. The molecule has 0 aliphatic carbocycles. The highest BCUT2D eigenvalue weighted by Gasteiger charge is 2.19. The normalized spacial score (nSPS) is 11.2. The van der Waals surface area contributed by atoms with E-state index >= 15 is 0 Å². The van der Waals surface area contributed by atoms with Gasteiger partial charge in [0.2, 0.25) is 5.95 Å². The Kier molecular flexibility index (Phi) is 4.34. The zero-order valence-corrected chi connectivity index (χ0v) is 12.5. The maximum Gasteiger partial charge on any atom is 0.265 e. The number of sulfonamides is 1. The highest BCUT2D eigenvalue weighted by molar-refractivity contribution is 9.10. The van der Waals surface area contributed by atoms with E-state index < -0.39 is 27.3 Å². The van der Waals surface area contributed by atoms with Crippen LogP contribution in [0.4, 0.5) is 20.4 Å². The van der Waals surface area contributed by atoms with Crippen molar-refractivity contribution < 1.29 is 17.2 Å². The van der Waals surface area contributed by atoms with E-state index in [0.29, 0.717) is 6.07 Å². The number of hydrogen-bond donors (Lipinski definition) is 3. The Bertz CT molecular complexity index is 770. The van der Waals surface area contributed by atoms with Crippen LogP contribution in [0.5, 0.6) is 0 Å². The lowest BCUT2D eigenvalue weighted by atomic mass is 10.3. The van der Waals surface area contributed by atoms with Crippen LogP contribution < -0.4 is 16.0 Å². The van der Waals surface area contributed by atoms with Gasteiger partial charge in [0.15, 0.2) is 0 Å². The smallest absolute Gasteiger partial charge is 0.265 e. The monoisotopic (exact) mass is 379 g/mol. The summed E-state index contributed by atoms with van der Waals surface area (Å²) in [6.45, 7) is 0. The molecule has 0 saturated carbocycles. The molecule has 4 N–H and O–H groups in total. The fraction of sp³-hybridized carbons (Fsp3) is 0. The first-order valence-corrected chi connectivity index (χ1v) is 7.57. The maximum atomic E-state index is 13.6. The van der Waals surface area contributed by atoms with Gasteiger partial charge in [-0.25, -0.2) is 33.0 Å². The SMILES string of the molecule is NNc1ncc(S(=O)(=O)Nc2cc(F)c(Br)cc2F)cn1. The third-order valence-electron chi connectivity index (χ3n) is 2.32. The molecule has 1 aromatic carbocycles.